The first-order valence-corrected chi connectivity index (χ1v) is 25.1. The summed E-state index contributed by atoms with van der Waals surface area (Å²) in [5, 5.41) is 1.67. The first kappa shape index (κ1) is 56.7. The van der Waals surface area contributed by atoms with E-state index in [9.17, 15) is 0 Å². The molecule has 0 aliphatic heterocycles. The van der Waals surface area contributed by atoms with Crippen molar-refractivity contribution in [3.05, 3.63) is 142 Å². The van der Waals surface area contributed by atoms with E-state index in [1.807, 2.05) is 0 Å². The van der Waals surface area contributed by atoms with Gasteiger partial charge >= 0.3 is 17.1 Å². The van der Waals surface area contributed by atoms with Crippen molar-refractivity contribution >= 4 is 25.3 Å². The largest absolute Gasteiger partial charge is 1.00 e. The third kappa shape index (κ3) is 13.3. The predicted octanol–water partition coefficient (Wildman–Crippen LogP) is 9.55. The average molecular weight is 1000 g/mol. The average Bonchev–Trinajstić information content (AvgIpc) is 3.79. The molecule has 0 N–H and O–H groups in total. The molecule has 0 fully saturated rings. The first-order chi connectivity index (χ1) is 30.3. The molecule has 0 unspecified atom stereocenters. The van der Waals surface area contributed by atoms with Gasteiger partial charge in [0, 0.05) is 44.5 Å². The van der Waals surface area contributed by atoms with Crippen LogP contribution in [0.25, 0.3) is 22.7 Å². The number of hydrogen-bond acceptors (Lipinski definition) is 6. The molecule has 362 valence electrons. The fourth-order valence-corrected chi connectivity index (χ4v) is 9.20. The van der Waals surface area contributed by atoms with Gasteiger partial charge in [-0.15, -0.1) is 10.2 Å². The maximum Gasteiger partial charge on any atom is 1.00 e. The van der Waals surface area contributed by atoms with Crippen LogP contribution in [0.2, 0.25) is 0 Å². The predicted molar refractivity (Wildman–Crippen MR) is 259 cm³/mol. The van der Waals surface area contributed by atoms with Crippen molar-refractivity contribution in [3.63, 3.8) is 0 Å². The molecule has 0 bridgehead atoms. The molecule has 66 heavy (non-hydrogen) atoms. The smallest absolute Gasteiger partial charge is 0.691 e. The molecule has 6 rings (SSSR count). The molecule has 2 heterocycles. The van der Waals surface area contributed by atoms with Gasteiger partial charge in [0.25, 0.3) is 0 Å². The van der Waals surface area contributed by atoms with Crippen LogP contribution in [0.5, 0.6) is 0 Å². The molecule has 0 atom stereocenters. The van der Waals surface area contributed by atoms with Gasteiger partial charge in [-0.25, -0.2) is 36.9 Å². The minimum absolute atomic E-state index is 0. The summed E-state index contributed by atoms with van der Waals surface area (Å²) in [6.07, 6.45) is 8.60. The van der Waals surface area contributed by atoms with Crippen molar-refractivity contribution in [1.82, 2.24) is 9.13 Å². The Labute approximate surface area is 420 Å². The Morgan fingerprint density at radius 3 is 0.742 bits per heavy atom. The van der Waals surface area contributed by atoms with Crippen LogP contribution in [-0.4, -0.2) is 9.13 Å². The summed E-state index contributed by atoms with van der Waals surface area (Å²) >= 11 is 12.2. The maximum atomic E-state index is 8.49. The number of halogens is 1. The zero-order valence-corrected chi connectivity index (χ0v) is 45.1. The molecular weight excluding hydrogens is 932 g/mol. The SMILES string of the molecule is CC(C)c1cccc(C(C)C)c1-n1cc[n+](-c2c(C(C)C)cccc2C(C)C)c1[S-].CC(C)c1cccc(C(C)C)c1-n1cc[n+](-c2c(C(C)C)cccc2C(C)C)c1[S-].[Cu+].[O-][Cl+3]([O-])([O-])[O-]. The Morgan fingerprint density at radius 2 is 0.561 bits per heavy atom. The quantitative estimate of drug-likeness (QED) is 0.0687. The van der Waals surface area contributed by atoms with Gasteiger partial charge in [0.15, 0.2) is 0 Å². The fraction of sp³-hybridized carbons (Fsp3) is 0.444. The zero-order valence-electron chi connectivity index (χ0n) is 41.8. The Balaban J connectivity index is 0.000000313. The molecule has 2 aromatic heterocycles. The number of aromatic nitrogens is 4. The van der Waals surface area contributed by atoms with E-state index in [4.69, 9.17) is 43.9 Å². The summed E-state index contributed by atoms with van der Waals surface area (Å²) in [4.78, 5) is 0. The van der Waals surface area contributed by atoms with E-state index < -0.39 is 10.2 Å². The van der Waals surface area contributed by atoms with Crippen LogP contribution >= 0.6 is 0 Å². The number of nitrogens with zero attached hydrogens (tertiary/aromatic N) is 4. The second kappa shape index (κ2) is 24.1. The molecule has 4 aromatic carbocycles. The Bertz CT molecular complexity index is 2080. The fourth-order valence-electron chi connectivity index (χ4n) is 8.59. The molecule has 0 amide bonds. The van der Waals surface area contributed by atoms with Crippen LogP contribution in [0.1, 0.15) is 203 Å². The molecule has 0 saturated carbocycles. The van der Waals surface area contributed by atoms with Gasteiger partial charge in [0.1, 0.15) is 57.8 Å². The summed E-state index contributed by atoms with van der Waals surface area (Å²) < 4.78 is 42.9. The Morgan fingerprint density at radius 1 is 0.379 bits per heavy atom. The summed E-state index contributed by atoms with van der Waals surface area (Å²) in [6, 6.07) is 26.7. The number of hydrogen-bond donors (Lipinski definition) is 0. The number of para-hydroxylation sites is 4. The van der Waals surface area contributed by atoms with E-state index in [0.717, 1.165) is 10.3 Å². The third-order valence-corrected chi connectivity index (χ3v) is 12.7. The van der Waals surface area contributed by atoms with E-state index >= 15 is 0 Å². The zero-order chi connectivity index (χ0) is 48.8. The van der Waals surface area contributed by atoms with Crippen molar-refractivity contribution < 1.29 is 55.1 Å². The molecule has 0 spiro atoms. The van der Waals surface area contributed by atoms with Crippen LogP contribution in [0.15, 0.2) is 108 Å². The summed E-state index contributed by atoms with van der Waals surface area (Å²) in [6.45, 7) is 36.1. The Hall–Kier alpha value is -3.61. The topological polar surface area (TPSA) is 110 Å². The minimum atomic E-state index is -4.94. The van der Waals surface area contributed by atoms with Crippen molar-refractivity contribution in [2.45, 2.75) is 168 Å². The molecule has 0 aliphatic carbocycles. The van der Waals surface area contributed by atoms with Gasteiger partial charge in [-0.2, -0.15) is 0 Å². The van der Waals surface area contributed by atoms with E-state index in [-0.39, 0.29) is 17.1 Å². The Kier molecular flexibility index (Phi) is 20.7. The maximum absolute atomic E-state index is 8.49. The summed E-state index contributed by atoms with van der Waals surface area (Å²) in [5.41, 5.74) is 15.7. The minimum Gasteiger partial charge on any atom is -0.691 e. The van der Waals surface area contributed by atoms with Gasteiger partial charge in [-0.3, -0.25) is 0 Å². The van der Waals surface area contributed by atoms with Gasteiger partial charge in [0.05, 0.1) is 0 Å². The second-order valence-corrected chi connectivity index (χ2v) is 20.9. The molecular formula is C54H72ClCuN4O4S2. The van der Waals surface area contributed by atoms with Crippen LogP contribution in [0.3, 0.4) is 0 Å². The monoisotopic (exact) mass is 1000 g/mol. The standard InChI is InChI=1S/2C27H36N2S.ClHO4.Cu/c2*1-17(2)21-11-9-12-22(18(3)4)25(21)28-15-16-29(27(28)30)26-23(19(5)6)13-10-14-24(26)20(7)8;2-1(3,4)5;/h2*9-20H,1-8H3;(H,2,3,4,5);/q;;;+1/p-1. The van der Waals surface area contributed by atoms with Crippen molar-refractivity contribution in [1.29, 1.82) is 0 Å². The van der Waals surface area contributed by atoms with Crippen molar-refractivity contribution in [2.75, 3.05) is 0 Å². The third-order valence-electron chi connectivity index (χ3n) is 11.9. The molecule has 8 nitrogen and oxygen atoms in total. The van der Waals surface area contributed by atoms with Crippen LogP contribution in [-0.2, 0) is 42.3 Å². The molecule has 12 heteroatoms. The van der Waals surface area contributed by atoms with Gasteiger partial charge in [0.2, 0.25) is 0 Å². The summed E-state index contributed by atoms with van der Waals surface area (Å²) in [7, 11) is -4.94. The van der Waals surface area contributed by atoms with E-state index in [1.54, 1.807) is 0 Å². The van der Waals surface area contributed by atoms with Crippen molar-refractivity contribution in [2.24, 2.45) is 0 Å². The first-order valence-electron chi connectivity index (χ1n) is 23.0. The number of rotatable bonds is 12. The normalized spacial score (nSPS) is 11.8. The number of benzene rings is 4. The van der Waals surface area contributed by atoms with Gasteiger partial charge < -0.3 is 25.3 Å². The van der Waals surface area contributed by atoms with Crippen LogP contribution < -0.4 is 27.8 Å². The van der Waals surface area contributed by atoms with E-state index in [0.29, 0.717) is 47.3 Å². The van der Waals surface area contributed by atoms with Gasteiger partial charge in [-0.05, 0) is 47.3 Å². The molecule has 0 radical (unpaired) electrons. The van der Waals surface area contributed by atoms with E-state index in [1.165, 1.54) is 67.3 Å². The van der Waals surface area contributed by atoms with Crippen molar-refractivity contribution in [3.8, 4) is 22.7 Å². The molecule has 6 aromatic rings. The van der Waals surface area contributed by atoms with Crippen LogP contribution in [0.4, 0.5) is 0 Å². The summed E-state index contributed by atoms with van der Waals surface area (Å²) in [5.74, 6) is 3.43. The number of imidazole rings is 2. The van der Waals surface area contributed by atoms with Gasteiger partial charge in [-0.1, -0.05) is 184 Å². The van der Waals surface area contributed by atoms with E-state index in [2.05, 4.69) is 227 Å². The molecule has 0 saturated heterocycles. The van der Waals surface area contributed by atoms with Crippen LogP contribution in [0, 0.1) is 10.2 Å². The second-order valence-electron chi connectivity index (χ2n) is 19.4. The molecule has 0 aliphatic rings.